The first-order chi connectivity index (χ1) is 10.6. The van der Waals surface area contributed by atoms with Gasteiger partial charge in [-0.2, -0.15) is 0 Å². The van der Waals surface area contributed by atoms with E-state index < -0.39 is 0 Å². The summed E-state index contributed by atoms with van der Waals surface area (Å²) in [6, 6.07) is 7.21. The predicted octanol–water partition coefficient (Wildman–Crippen LogP) is 1.60. The Hall–Kier alpha value is -1.88. The molecule has 1 aromatic carbocycles. The summed E-state index contributed by atoms with van der Waals surface area (Å²) in [7, 11) is 0. The molecule has 120 valence electrons. The standard InChI is InChI=1S/C17H25N3O2/c1-4-19(5-2)16(21)14-6-8-15(9-7-14)17(22)20-11-10-18-12-13(20)3/h6-9,13,18H,4-5,10-12H2,1-3H3/t13-/m0/s1. The number of nitrogens with one attached hydrogen (secondary N) is 1. The molecule has 0 saturated carbocycles. The number of hydrogen-bond acceptors (Lipinski definition) is 3. The molecule has 5 heteroatoms. The van der Waals surface area contributed by atoms with Gasteiger partial charge in [0.25, 0.3) is 11.8 Å². The summed E-state index contributed by atoms with van der Waals surface area (Å²) in [5.74, 6) is 0.0513. The third-order valence-corrected chi connectivity index (χ3v) is 4.19. The molecule has 1 fully saturated rings. The van der Waals surface area contributed by atoms with Gasteiger partial charge in [-0.3, -0.25) is 9.59 Å². The molecule has 1 aliphatic rings. The summed E-state index contributed by atoms with van der Waals surface area (Å²) in [6.07, 6.45) is 0. The van der Waals surface area contributed by atoms with Crippen LogP contribution in [-0.2, 0) is 0 Å². The van der Waals surface area contributed by atoms with E-state index in [1.165, 1.54) is 0 Å². The minimum atomic E-state index is 0.0135. The molecular weight excluding hydrogens is 278 g/mol. The molecule has 0 aliphatic carbocycles. The van der Waals surface area contributed by atoms with E-state index in [2.05, 4.69) is 5.32 Å². The van der Waals surface area contributed by atoms with E-state index in [0.29, 0.717) is 24.2 Å². The highest BCUT2D eigenvalue weighted by Crippen LogP contribution is 2.13. The quantitative estimate of drug-likeness (QED) is 0.919. The molecule has 0 aromatic heterocycles. The first-order valence-electron chi connectivity index (χ1n) is 7.99. The first-order valence-corrected chi connectivity index (χ1v) is 7.99. The molecule has 1 saturated heterocycles. The predicted molar refractivity (Wildman–Crippen MR) is 87.1 cm³/mol. The summed E-state index contributed by atoms with van der Waals surface area (Å²) in [5, 5.41) is 3.28. The van der Waals surface area contributed by atoms with Gasteiger partial charge in [-0.15, -0.1) is 0 Å². The van der Waals surface area contributed by atoms with Crippen molar-refractivity contribution in [2.75, 3.05) is 32.7 Å². The van der Waals surface area contributed by atoms with Crippen LogP contribution in [0.3, 0.4) is 0 Å². The summed E-state index contributed by atoms with van der Waals surface area (Å²) in [5.41, 5.74) is 1.28. The van der Waals surface area contributed by atoms with Crippen molar-refractivity contribution in [3.63, 3.8) is 0 Å². The van der Waals surface area contributed by atoms with Crippen molar-refractivity contribution in [3.05, 3.63) is 35.4 Å². The normalized spacial score (nSPS) is 18.1. The van der Waals surface area contributed by atoms with E-state index in [1.54, 1.807) is 29.2 Å². The highest BCUT2D eigenvalue weighted by atomic mass is 16.2. The van der Waals surface area contributed by atoms with Gasteiger partial charge in [-0.1, -0.05) is 0 Å². The van der Waals surface area contributed by atoms with Crippen LogP contribution in [0.2, 0.25) is 0 Å². The Morgan fingerprint density at radius 3 is 2.32 bits per heavy atom. The van der Waals surface area contributed by atoms with Crippen molar-refractivity contribution in [3.8, 4) is 0 Å². The summed E-state index contributed by atoms with van der Waals surface area (Å²) < 4.78 is 0. The van der Waals surface area contributed by atoms with Crippen LogP contribution in [0.5, 0.6) is 0 Å². The highest BCUT2D eigenvalue weighted by Gasteiger charge is 2.24. The molecule has 0 radical (unpaired) electrons. The number of rotatable bonds is 4. The van der Waals surface area contributed by atoms with Crippen LogP contribution < -0.4 is 5.32 Å². The van der Waals surface area contributed by atoms with Gasteiger partial charge < -0.3 is 15.1 Å². The Morgan fingerprint density at radius 1 is 1.18 bits per heavy atom. The van der Waals surface area contributed by atoms with Gasteiger partial charge in [0, 0.05) is 49.9 Å². The molecule has 1 N–H and O–H groups in total. The lowest BCUT2D eigenvalue weighted by atomic mass is 10.1. The Balaban J connectivity index is 2.11. The van der Waals surface area contributed by atoms with E-state index in [9.17, 15) is 9.59 Å². The molecule has 1 heterocycles. The fourth-order valence-electron chi connectivity index (χ4n) is 2.76. The maximum atomic E-state index is 12.5. The molecule has 1 atom stereocenters. The molecule has 2 amide bonds. The number of carbonyl (C=O) groups excluding carboxylic acids is 2. The summed E-state index contributed by atoms with van der Waals surface area (Å²) in [4.78, 5) is 28.5. The third kappa shape index (κ3) is 3.47. The molecule has 1 aliphatic heterocycles. The molecule has 0 unspecified atom stereocenters. The smallest absolute Gasteiger partial charge is 0.254 e. The van der Waals surface area contributed by atoms with Crippen LogP contribution in [-0.4, -0.2) is 60.4 Å². The lowest BCUT2D eigenvalue weighted by Crippen LogP contribution is -2.52. The number of amides is 2. The number of piperazine rings is 1. The SMILES string of the molecule is CCN(CC)C(=O)c1ccc(C(=O)N2CCNC[C@@H]2C)cc1. The summed E-state index contributed by atoms with van der Waals surface area (Å²) >= 11 is 0. The van der Waals surface area contributed by atoms with Crippen LogP contribution in [0.15, 0.2) is 24.3 Å². The Morgan fingerprint density at radius 2 is 1.77 bits per heavy atom. The zero-order valence-corrected chi connectivity index (χ0v) is 13.6. The number of hydrogen-bond donors (Lipinski definition) is 1. The molecule has 5 nitrogen and oxygen atoms in total. The minimum absolute atomic E-state index is 0.0135. The minimum Gasteiger partial charge on any atom is -0.339 e. The second-order valence-corrected chi connectivity index (χ2v) is 5.61. The highest BCUT2D eigenvalue weighted by molar-refractivity contribution is 5.98. The van der Waals surface area contributed by atoms with Crippen LogP contribution in [0.1, 0.15) is 41.5 Å². The van der Waals surface area contributed by atoms with Gasteiger partial charge in [-0.05, 0) is 45.0 Å². The van der Waals surface area contributed by atoms with Crippen molar-refractivity contribution < 1.29 is 9.59 Å². The largest absolute Gasteiger partial charge is 0.339 e. The van der Waals surface area contributed by atoms with Gasteiger partial charge in [0.2, 0.25) is 0 Å². The molecule has 0 bridgehead atoms. The van der Waals surface area contributed by atoms with Crippen molar-refractivity contribution in [2.24, 2.45) is 0 Å². The Kier molecular flexibility index (Phi) is 5.55. The molecular formula is C17H25N3O2. The second kappa shape index (κ2) is 7.40. The van der Waals surface area contributed by atoms with Gasteiger partial charge in [0.05, 0.1) is 0 Å². The van der Waals surface area contributed by atoms with E-state index in [0.717, 1.165) is 19.6 Å². The van der Waals surface area contributed by atoms with E-state index in [1.807, 2.05) is 25.7 Å². The molecule has 2 rings (SSSR count). The van der Waals surface area contributed by atoms with Gasteiger partial charge in [-0.25, -0.2) is 0 Å². The molecule has 0 spiro atoms. The summed E-state index contributed by atoms with van der Waals surface area (Å²) in [6.45, 7) is 9.72. The third-order valence-electron chi connectivity index (χ3n) is 4.19. The number of carbonyl (C=O) groups is 2. The number of nitrogens with zero attached hydrogens (tertiary/aromatic N) is 2. The molecule has 22 heavy (non-hydrogen) atoms. The lowest BCUT2D eigenvalue weighted by Gasteiger charge is -2.34. The van der Waals surface area contributed by atoms with Crippen LogP contribution in [0, 0.1) is 0 Å². The Labute approximate surface area is 132 Å². The Bertz CT molecular complexity index is 523. The van der Waals surface area contributed by atoms with Crippen molar-refractivity contribution in [2.45, 2.75) is 26.8 Å². The monoisotopic (exact) mass is 303 g/mol. The zero-order chi connectivity index (χ0) is 16.1. The molecule has 1 aromatic rings. The van der Waals surface area contributed by atoms with E-state index >= 15 is 0 Å². The van der Waals surface area contributed by atoms with Crippen molar-refractivity contribution in [1.29, 1.82) is 0 Å². The first kappa shape index (κ1) is 16.5. The van der Waals surface area contributed by atoms with Crippen molar-refractivity contribution >= 4 is 11.8 Å². The lowest BCUT2D eigenvalue weighted by molar-refractivity contribution is 0.0654. The van der Waals surface area contributed by atoms with Crippen LogP contribution >= 0.6 is 0 Å². The average molecular weight is 303 g/mol. The van der Waals surface area contributed by atoms with Crippen LogP contribution in [0.4, 0.5) is 0 Å². The van der Waals surface area contributed by atoms with E-state index in [4.69, 9.17) is 0 Å². The fourth-order valence-corrected chi connectivity index (χ4v) is 2.76. The van der Waals surface area contributed by atoms with Crippen molar-refractivity contribution in [1.82, 2.24) is 15.1 Å². The maximum Gasteiger partial charge on any atom is 0.254 e. The maximum absolute atomic E-state index is 12.5. The zero-order valence-electron chi connectivity index (χ0n) is 13.6. The second-order valence-electron chi connectivity index (χ2n) is 5.61. The van der Waals surface area contributed by atoms with Gasteiger partial charge >= 0.3 is 0 Å². The fraction of sp³-hybridized carbons (Fsp3) is 0.529. The van der Waals surface area contributed by atoms with Gasteiger partial charge in [0.1, 0.15) is 0 Å². The van der Waals surface area contributed by atoms with Crippen LogP contribution in [0.25, 0.3) is 0 Å². The average Bonchev–Trinajstić information content (AvgIpc) is 2.56. The topological polar surface area (TPSA) is 52.7 Å². The van der Waals surface area contributed by atoms with Gasteiger partial charge in [0.15, 0.2) is 0 Å². The number of benzene rings is 1. The van der Waals surface area contributed by atoms with E-state index in [-0.39, 0.29) is 17.9 Å².